The van der Waals surface area contributed by atoms with Gasteiger partial charge in [-0.25, -0.2) is 0 Å². The van der Waals surface area contributed by atoms with Crippen LogP contribution in [0.2, 0.25) is 0 Å². The predicted octanol–water partition coefficient (Wildman–Crippen LogP) is 3.84. The maximum atomic E-state index is 6.66. The molecule has 1 aromatic heterocycles. The van der Waals surface area contributed by atoms with E-state index in [1.807, 2.05) is 12.1 Å². The molecule has 2 aliphatic heterocycles. The van der Waals surface area contributed by atoms with Gasteiger partial charge in [-0.2, -0.15) is 5.21 Å². The van der Waals surface area contributed by atoms with Crippen LogP contribution in [-0.4, -0.2) is 79.8 Å². The average Bonchev–Trinajstić information content (AvgIpc) is 3.53. The van der Waals surface area contributed by atoms with Crippen LogP contribution in [0.5, 0.6) is 11.5 Å². The summed E-state index contributed by atoms with van der Waals surface area (Å²) in [4.78, 5) is 2.39. The van der Waals surface area contributed by atoms with E-state index in [4.69, 9.17) is 18.9 Å². The first-order valence-electron chi connectivity index (χ1n) is 14.2. The van der Waals surface area contributed by atoms with E-state index in [0.717, 1.165) is 74.1 Å². The molecule has 0 bridgehead atoms. The average molecular weight is 551 g/mol. The number of ether oxygens (including phenoxy) is 4. The van der Waals surface area contributed by atoms with E-state index in [-0.39, 0.29) is 17.4 Å². The number of methoxy groups -OCH3 is 2. The summed E-state index contributed by atoms with van der Waals surface area (Å²) in [5.74, 6) is 2.78. The van der Waals surface area contributed by atoms with Crippen LogP contribution < -0.4 is 19.7 Å². The van der Waals surface area contributed by atoms with Crippen molar-refractivity contribution in [3.63, 3.8) is 0 Å². The van der Waals surface area contributed by atoms with Gasteiger partial charge in [0.25, 0.3) is 0 Å². The molecule has 2 aliphatic rings. The number of benzene rings is 2. The number of aromatic amines is 1. The van der Waals surface area contributed by atoms with E-state index in [9.17, 15) is 0 Å². The minimum absolute atomic E-state index is 0.0306. The smallest absolute Gasteiger partial charge is 0.180 e. The number of hydrogen-bond acceptors (Lipinski definition) is 9. The third-order valence-electron chi connectivity index (χ3n) is 8.07. The lowest BCUT2D eigenvalue weighted by molar-refractivity contribution is 0.000743. The predicted molar refractivity (Wildman–Crippen MR) is 153 cm³/mol. The van der Waals surface area contributed by atoms with Crippen molar-refractivity contribution >= 4 is 5.69 Å². The van der Waals surface area contributed by atoms with Crippen molar-refractivity contribution in [3.8, 4) is 11.5 Å². The van der Waals surface area contributed by atoms with Gasteiger partial charge >= 0.3 is 0 Å². The number of tetrazole rings is 1. The number of nitrogens with one attached hydrogen (secondary N) is 2. The molecule has 0 radical (unpaired) electrons. The molecule has 3 atom stereocenters. The Hall–Kier alpha value is -3.21. The van der Waals surface area contributed by atoms with Gasteiger partial charge in [0, 0.05) is 44.2 Å². The second-order valence-electron chi connectivity index (χ2n) is 11.4. The minimum atomic E-state index is -0.205. The molecule has 0 spiro atoms. The quantitative estimate of drug-likeness (QED) is 0.325. The summed E-state index contributed by atoms with van der Waals surface area (Å²) in [6, 6.07) is 15.1. The maximum Gasteiger partial charge on any atom is 0.180 e. The fraction of sp³-hybridized carbons (Fsp3) is 0.567. The fourth-order valence-corrected chi connectivity index (χ4v) is 5.90. The number of piperidine rings is 1. The first-order chi connectivity index (χ1) is 19.5. The van der Waals surface area contributed by atoms with Gasteiger partial charge in [0.05, 0.1) is 32.1 Å². The van der Waals surface area contributed by atoms with Gasteiger partial charge in [0.15, 0.2) is 5.82 Å². The summed E-state index contributed by atoms with van der Waals surface area (Å²) in [5.41, 5.74) is 3.34. The van der Waals surface area contributed by atoms with Gasteiger partial charge in [-0.1, -0.05) is 37.3 Å². The lowest BCUT2D eigenvalue weighted by Crippen LogP contribution is -2.49. The van der Waals surface area contributed by atoms with E-state index in [2.05, 4.69) is 75.0 Å². The van der Waals surface area contributed by atoms with Crippen molar-refractivity contribution in [1.29, 1.82) is 0 Å². The minimum Gasteiger partial charge on any atom is -0.497 e. The zero-order valence-electron chi connectivity index (χ0n) is 24.1. The molecule has 3 heterocycles. The van der Waals surface area contributed by atoms with Gasteiger partial charge in [-0.05, 0) is 54.7 Å². The van der Waals surface area contributed by atoms with Crippen LogP contribution in [0.3, 0.4) is 0 Å². The molecule has 0 saturated carbocycles. The lowest BCUT2D eigenvalue weighted by Gasteiger charge is -2.39. The maximum absolute atomic E-state index is 6.66. The number of aromatic nitrogens is 4. The molecule has 10 heteroatoms. The number of fused-ring (bicyclic) bond motifs is 1. The standard InChI is InChI=1S/C30H42N6O4/c1-30(2,29-32-34-35-33-29)18-23-17-25(22-7-9-24(38-4)10-8-22)28(19-31-23)40-20-21-6-11-27-26(16-21)36(13-15-39-27)12-5-14-37-3/h6-11,16,23,25,28,31H,5,12-15,17-20H2,1-4H3,(H,32,33,34,35)/t23?,25?,28-/m0/s1. The largest absolute Gasteiger partial charge is 0.497 e. The summed E-state index contributed by atoms with van der Waals surface area (Å²) in [6.07, 6.45) is 2.86. The molecule has 10 nitrogen and oxygen atoms in total. The Kier molecular flexibility index (Phi) is 9.18. The third-order valence-corrected chi connectivity index (χ3v) is 8.07. The zero-order chi connectivity index (χ0) is 28.0. The highest BCUT2D eigenvalue weighted by Gasteiger charge is 2.36. The van der Waals surface area contributed by atoms with Crippen LogP contribution in [-0.2, 0) is 21.5 Å². The third kappa shape index (κ3) is 6.74. The number of rotatable bonds is 12. The molecular weight excluding hydrogens is 508 g/mol. The van der Waals surface area contributed by atoms with Gasteiger partial charge in [-0.3, -0.25) is 0 Å². The molecule has 2 unspecified atom stereocenters. The second-order valence-corrected chi connectivity index (χ2v) is 11.4. The highest BCUT2D eigenvalue weighted by atomic mass is 16.5. The Labute approximate surface area is 236 Å². The topological polar surface area (TPSA) is 107 Å². The lowest BCUT2D eigenvalue weighted by atomic mass is 9.77. The van der Waals surface area contributed by atoms with Crippen molar-refractivity contribution in [2.45, 2.75) is 63.2 Å². The summed E-state index contributed by atoms with van der Waals surface area (Å²) < 4.78 is 23.3. The molecule has 3 aromatic rings. The summed E-state index contributed by atoms with van der Waals surface area (Å²) in [6.45, 7) is 8.93. The van der Waals surface area contributed by atoms with Gasteiger partial charge in [-0.15, -0.1) is 10.2 Å². The zero-order valence-corrected chi connectivity index (χ0v) is 24.1. The summed E-state index contributed by atoms with van der Waals surface area (Å²) in [7, 11) is 3.45. The Balaban J connectivity index is 1.29. The number of hydrogen-bond donors (Lipinski definition) is 2. The van der Waals surface area contributed by atoms with Crippen LogP contribution in [0.4, 0.5) is 5.69 Å². The molecule has 1 saturated heterocycles. The Morgan fingerprint density at radius 1 is 1.12 bits per heavy atom. The second kappa shape index (κ2) is 13.0. The number of H-pyrrole nitrogens is 1. The first kappa shape index (κ1) is 28.3. The van der Waals surface area contributed by atoms with E-state index in [1.54, 1.807) is 14.2 Å². The summed E-state index contributed by atoms with van der Waals surface area (Å²) >= 11 is 0. The monoisotopic (exact) mass is 550 g/mol. The van der Waals surface area contributed by atoms with Crippen LogP contribution in [0.25, 0.3) is 0 Å². The Bertz CT molecular complexity index is 1200. The molecule has 0 aliphatic carbocycles. The molecule has 2 aromatic carbocycles. The highest BCUT2D eigenvalue weighted by molar-refractivity contribution is 5.61. The van der Waals surface area contributed by atoms with Gasteiger partial charge < -0.3 is 29.2 Å². The van der Waals surface area contributed by atoms with E-state index in [1.165, 1.54) is 5.56 Å². The Morgan fingerprint density at radius 2 is 1.98 bits per heavy atom. The molecule has 40 heavy (non-hydrogen) atoms. The van der Waals surface area contributed by atoms with E-state index in [0.29, 0.717) is 19.3 Å². The van der Waals surface area contributed by atoms with Crippen LogP contribution >= 0.6 is 0 Å². The SMILES string of the molecule is COCCCN1CCOc2ccc(CO[C@H]3CNC(CC(C)(C)c4nn[nH]n4)CC3c3ccc(OC)cc3)cc21. The number of anilines is 1. The van der Waals surface area contributed by atoms with Crippen molar-refractivity contribution in [3.05, 3.63) is 59.4 Å². The van der Waals surface area contributed by atoms with Crippen LogP contribution in [0.15, 0.2) is 42.5 Å². The van der Waals surface area contributed by atoms with Crippen LogP contribution in [0, 0.1) is 0 Å². The first-order valence-corrected chi connectivity index (χ1v) is 14.2. The van der Waals surface area contributed by atoms with E-state index >= 15 is 0 Å². The fourth-order valence-electron chi connectivity index (χ4n) is 5.90. The van der Waals surface area contributed by atoms with Crippen LogP contribution in [0.1, 0.15) is 56.0 Å². The highest BCUT2D eigenvalue weighted by Crippen LogP contribution is 2.37. The molecular formula is C30H42N6O4. The number of nitrogens with zero attached hydrogens (tertiary/aromatic N) is 4. The van der Waals surface area contributed by atoms with Gasteiger partial charge in [0.2, 0.25) is 0 Å². The van der Waals surface area contributed by atoms with Crippen molar-refractivity contribution < 1.29 is 18.9 Å². The molecule has 5 rings (SSSR count). The summed E-state index contributed by atoms with van der Waals surface area (Å²) in [5, 5.41) is 18.6. The molecule has 216 valence electrons. The van der Waals surface area contributed by atoms with Crippen molar-refractivity contribution in [1.82, 2.24) is 25.9 Å². The van der Waals surface area contributed by atoms with Gasteiger partial charge in [0.1, 0.15) is 18.1 Å². The Morgan fingerprint density at radius 3 is 2.73 bits per heavy atom. The van der Waals surface area contributed by atoms with Crippen molar-refractivity contribution in [2.24, 2.45) is 0 Å². The molecule has 2 N–H and O–H groups in total. The molecule has 0 amide bonds. The molecule has 1 fully saturated rings. The van der Waals surface area contributed by atoms with E-state index < -0.39 is 0 Å². The normalized spacial score (nSPS) is 21.1. The van der Waals surface area contributed by atoms with Crippen molar-refractivity contribution in [2.75, 3.05) is 52.0 Å².